The number of nitrogens with zero attached hydrogens (tertiary/aromatic N) is 2. The average molecular weight is 391 g/mol. The summed E-state index contributed by atoms with van der Waals surface area (Å²) in [5.41, 5.74) is 1.28. The lowest BCUT2D eigenvalue weighted by atomic mass is 9.95. The molecule has 2 amide bonds. The summed E-state index contributed by atoms with van der Waals surface area (Å²) >= 11 is 0. The molecule has 0 aliphatic carbocycles. The van der Waals surface area contributed by atoms with E-state index in [1.54, 1.807) is 0 Å². The lowest BCUT2D eigenvalue weighted by Crippen LogP contribution is -2.45. The first-order chi connectivity index (χ1) is 12.8. The van der Waals surface area contributed by atoms with Crippen molar-refractivity contribution in [2.24, 2.45) is 11.0 Å². The van der Waals surface area contributed by atoms with Crippen LogP contribution in [0.25, 0.3) is 0 Å². The van der Waals surface area contributed by atoms with Gasteiger partial charge in [-0.15, -0.1) is 0 Å². The second-order valence-electron chi connectivity index (χ2n) is 7.45. The van der Waals surface area contributed by atoms with Gasteiger partial charge in [-0.25, -0.2) is 13.4 Å². The van der Waals surface area contributed by atoms with Gasteiger partial charge in [-0.2, -0.15) is 5.10 Å². The Morgan fingerprint density at radius 1 is 1.22 bits per heavy atom. The van der Waals surface area contributed by atoms with E-state index in [1.165, 1.54) is 5.01 Å². The van der Waals surface area contributed by atoms with Gasteiger partial charge in [-0.3, -0.25) is 9.59 Å². The van der Waals surface area contributed by atoms with E-state index in [-0.39, 0.29) is 53.8 Å². The molecule has 1 aromatic carbocycles. The lowest BCUT2D eigenvalue weighted by molar-refractivity contribution is -0.133. The van der Waals surface area contributed by atoms with Gasteiger partial charge in [0.05, 0.1) is 23.6 Å². The number of amides is 2. The van der Waals surface area contributed by atoms with E-state index in [1.807, 2.05) is 44.2 Å². The zero-order valence-corrected chi connectivity index (χ0v) is 16.4. The number of hydrogen-bond acceptors (Lipinski definition) is 5. The fourth-order valence-electron chi connectivity index (χ4n) is 3.51. The predicted octanol–water partition coefficient (Wildman–Crippen LogP) is 1.67. The number of carbonyl (C=O) groups excluding carboxylic acids is 2. The molecule has 1 aromatic rings. The van der Waals surface area contributed by atoms with E-state index in [0.717, 1.165) is 5.56 Å². The maximum Gasteiger partial charge on any atom is 0.267 e. The highest BCUT2D eigenvalue weighted by Gasteiger charge is 2.37. The zero-order chi connectivity index (χ0) is 19.6. The Kier molecular flexibility index (Phi) is 5.64. The molecule has 0 aromatic heterocycles. The van der Waals surface area contributed by atoms with E-state index < -0.39 is 15.9 Å². The summed E-state index contributed by atoms with van der Waals surface area (Å²) < 4.78 is 23.4. The maximum absolute atomic E-state index is 12.8. The monoisotopic (exact) mass is 391 g/mol. The van der Waals surface area contributed by atoms with Gasteiger partial charge in [0.25, 0.3) is 5.91 Å². The molecule has 2 aliphatic heterocycles. The largest absolute Gasteiger partial charge is 0.344 e. The quantitative estimate of drug-likeness (QED) is 0.826. The SMILES string of the molecule is CC(C)C(NC(=O)C1=NN(C2CCS(=O)(=O)C2)C(=O)CC1)c1ccccc1. The van der Waals surface area contributed by atoms with Gasteiger partial charge >= 0.3 is 0 Å². The summed E-state index contributed by atoms with van der Waals surface area (Å²) in [6, 6.07) is 9.07. The Bertz CT molecular complexity index is 849. The molecule has 0 spiro atoms. The summed E-state index contributed by atoms with van der Waals surface area (Å²) in [4.78, 5) is 25.0. The number of hydrazone groups is 1. The molecule has 2 atom stereocenters. The molecule has 27 heavy (non-hydrogen) atoms. The molecule has 3 rings (SSSR count). The van der Waals surface area contributed by atoms with Crippen LogP contribution in [0.2, 0.25) is 0 Å². The molecular formula is C19H25N3O4S. The molecule has 146 valence electrons. The highest BCUT2D eigenvalue weighted by atomic mass is 32.2. The minimum atomic E-state index is -3.14. The Hall–Kier alpha value is -2.22. The van der Waals surface area contributed by atoms with Gasteiger partial charge in [-0.1, -0.05) is 44.2 Å². The molecule has 2 heterocycles. The average Bonchev–Trinajstić information content (AvgIpc) is 3.00. The summed E-state index contributed by atoms with van der Waals surface area (Å²) in [6.07, 6.45) is 0.797. The number of nitrogens with one attached hydrogen (secondary N) is 1. The van der Waals surface area contributed by atoms with E-state index >= 15 is 0 Å². The number of rotatable bonds is 5. The Balaban J connectivity index is 1.77. The highest BCUT2D eigenvalue weighted by Crippen LogP contribution is 2.24. The van der Waals surface area contributed by atoms with E-state index in [4.69, 9.17) is 0 Å². The smallest absolute Gasteiger partial charge is 0.267 e. The minimum absolute atomic E-state index is 0.0575. The van der Waals surface area contributed by atoms with Crippen LogP contribution in [0, 0.1) is 5.92 Å². The molecule has 2 unspecified atom stereocenters. The van der Waals surface area contributed by atoms with Crippen molar-refractivity contribution in [3.8, 4) is 0 Å². The van der Waals surface area contributed by atoms with Gasteiger partial charge in [0.1, 0.15) is 5.71 Å². The predicted molar refractivity (Wildman–Crippen MR) is 103 cm³/mol. The first-order valence-corrected chi connectivity index (χ1v) is 11.0. The zero-order valence-electron chi connectivity index (χ0n) is 15.6. The number of sulfone groups is 1. The van der Waals surface area contributed by atoms with Crippen molar-refractivity contribution < 1.29 is 18.0 Å². The molecule has 0 saturated carbocycles. The Morgan fingerprint density at radius 3 is 2.52 bits per heavy atom. The molecule has 7 nitrogen and oxygen atoms in total. The lowest BCUT2D eigenvalue weighted by Gasteiger charge is -2.29. The number of hydrogen-bond donors (Lipinski definition) is 1. The first-order valence-electron chi connectivity index (χ1n) is 9.22. The number of benzene rings is 1. The maximum atomic E-state index is 12.8. The van der Waals surface area contributed by atoms with Crippen LogP contribution in [0.1, 0.15) is 44.7 Å². The van der Waals surface area contributed by atoms with Gasteiger partial charge in [-0.05, 0) is 17.9 Å². The summed E-state index contributed by atoms with van der Waals surface area (Å²) in [5, 5.41) is 8.48. The van der Waals surface area contributed by atoms with Crippen molar-refractivity contribution in [1.82, 2.24) is 10.3 Å². The van der Waals surface area contributed by atoms with E-state index in [2.05, 4.69) is 10.4 Å². The van der Waals surface area contributed by atoms with Crippen LogP contribution >= 0.6 is 0 Å². The minimum Gasteiger partial charge on any atom is -0.344 e. The topological polar surface area (TPSA) is 95.9 Å². The highest BCUT2D eigenvalue weighted by molar-refractivity contribution is 7.91. The molecule has 1 N–H and O–H groups in total. The third-order valence-corrected chi connectivity index (χ3v) is 6.74. The third kappa shape index (κ3) is 4.55. The molecule has 1 fully saturated rings. The molecule has 0 bridgehead atoms. The molecule has 8 heteroatoms. The van der Waals surface area contributed by atoms with Crippen LogP contribution in [0.15, 0.2) is 35.4 Å². The summed E-state index contributed by atoms with van der Waals surface area (Å²) in [6.45, 7) is 4.06. The Morgan fingerprint density at radius 2 is 1.93 bits per heavy atom. The molecule has 1 saturated heterocycles. The van der Waals surface area contributed by atoms with Crippen molar-refractivity contribution in [2.75, 3.05) is 11.5 Å². The normalized spacial score (nSPS) is 23.2. The second-order valence-corrected chi connectivity index (χ2v) is 9.68. The van der Waals surface area contributed by atoms with Gasteiger partial charge in [0.2, 0.25) is 5.91 Å². The van der Waals surface area contributed by atoms with Crippen molar-refractivity contribution in [3.05, 3.63) is 35.9 Å². The van der Waals surface area contributed by atoms with Crippen LogP contribution in [-0.2, 0) is 19.4 Å². The second kappa shape index (κ2) is 7.80. The molecule has 2 aliphatic rings. The summed E-state index contributed by atoms with van der Waals surface area (Å²) in [7, 11) is -3.14. The van der Waals surface area contributed by atoms with Crippen LogP contribution in [0.3, 0.4) is 0 Å². The first kappa shape index (κ1) is 19.5. The van der Waals surface area contributed by atoms with Crippen molar-refractivity contribution in [1.29, 1.82) is 0 Å². The number of carbonyl (C=O) groups is 2. The van der Waals surface area contributed by atoms with E-state index in [9.17, 15) is 18.0 Å². The third-order valence-electron chi connectivity index (χ3n) is 4.99. The fraction of sp³-hybridized carbons (Fsp3) is 0.526. The van der Waals surface area contributed by atoms with E-state index in [0.29, 0.717) is 6.42 Å². The van der Waals surface area contributed by atoms with Crippen molar-refractivity contribution >= 4 is 27.4 Å². The van der Waals surface area contributed by atoms with Gasteiger partial charge < -0.3 is 5.32 Å². The van der Waals surface area contributed by atoms with Crippen LogP contribution in [0.4, 0.5) is 0 Å². The molecular weight excluding hydrogens is 366 g/mol. The van der Waals surface area contributed by atoms with Crippen molar-refractivity contribution in [2.45, 2.75) is 45.2 Å². The Labute approximate surface area is 159 Å². The van der Waals surface area contributed by atoms with Crippen LogP contribution < -0.4 is 5.32 Å². The van der Waals surface area contributed by atoms with Crippen LogP contribution in [-0.4, -0.2) is 48.5 Å². The van der Waals surface area contributed by atoms with Gasteiger partial charge in [0, 0.05) is 12.8 Å². The standard InChI is InChI=1S/C19H25N3O4S/c1-13(2)18(14-6-4-3-5-7-14)20-19(24)16-8-9-17(23)22(21-16)15-10-11-27(25,26)12-15/h3-7,13,15,18H,8-12H2,1-2H3,(H,20,24). The fourth-order valence-corrected chi connectivity index (χ4v) is 5.20. The molecule has 0 radical (unpaired) electrons. The van der Waals surface area contributed by atoms with Crippen molar-refractivity contribution in [3.63, 3.8) is 0 Å². The van der Waals surface area contributed by atoms with Gasteiger partial charge in [0.15, 0.2) is 9.84 Å². The summed E-state index contributed by atoms with van der Waals surface area (Å²) in [5.74, 6) is -0.385. The van der Waals surface area contributed by atoms with Crippen LogP contribution in [0.5, 0.6) is 0 Å².